The van der Waals surface area contributed by atoms with Crippen LogP contribution in [0.5, 0.6) is 0 Å². The van der Waals surface area contributed by atoms with Gasteiger partial charge in [-0.05, 0) is 18.6 Å². The summed E-state index contributed by atoms with van der Waals surface area (Å²) in [6.45, 7) is 13.1. The Morgan fingerprint density at radius 3 is 1.88 bits per heavy atom. The minimum absolute atomic E-state index is 0.172. The van der Waals surface area contributed by atoms with Crippen LogP contribution >= 0.6 is 0 Å². The first-order valence-corrected chi connectivity index (χ1v) is 6.85. The van der Waals surface area contributed by atoms with Gasteiger partial charge in [-0.25, -0.2) is 0 Å². The summed E-state index contributed by atoms with van der Waals surface area (Å²) in [6.07, 6.45) is 7.39. The number of nitrogens with zero attached hydrogens (tertiary/aromatic N) is 1. The van der Waals surface area contributed by atoms with E-state index in [1.165, 1.54) is 36.9 Å². The van der Waals surface area contributed by atoms with Crippen molar-refractivity contribution in [3.63, 3.8) is 0 Å². The van der Waals surface area contributed by atoms with Crippen LogP contribution in [0, 0.1) is 6.92 Å². The molecule has 0 spiro atoms. The smallest absolute Gasteiger partial charge is 0.0486 e. The molecule has 1 heterocycles. The van der Waals surface area contributed by atoms with Gasteiger partial charge in [-0.15, -0.1) is 0 Å². The van der Waals surface area contributed by atoms with E-state index < -0.39 is 0 Å². The van der Waals surface area contributed by atoms with Gasteiger partial charge in [0.2, 0.25) is 0 Å². The number of hydrogen-bond donors (Lipinski definition) is 0. The summed E-state index contributed by atoms with van der Waals surface area (Å²) in [5.74, 6) is 0. The highest BCUT2D eigenvalue weighted by molar-refractivity contribution is 5.23. The molecule has 1 heteroatoms. The first-order chi connectivity index (χ1) is 7.93. The molecule has 0 aliphatic carbocycles. The molecule has 1 aromatic rings. The average molecular weight is 235 g/mol. The Balaban J connectivity index is 0.000000366. The van der Waals surface area contributed by atoms with E-state index >= 15 is 0 Å². The van der Waals surface area contributed by atoms with E-state index in [1.807, 2.05) is 12.3 Å². The zero-order chi connectivity index (χ0) is 13.3. The van der Waals surface area contributed by atoms with Crippen LogP contribution in [0.2, 0.25) is 0 Å². The number of pyridine rings is 1. The number of rotatable bonds is 3. The third kappa shape index (κ3) is 7.14. The largest absolute Gasteiger partial charge is 0.260 e. The maximum absolute atomic E-state index is 4.35. The second kappa shape index (κ2) is 8.27. The molecule has 0 saturated heterocycles. The highest BCUT2D eigenvalue weighted by atomic mass is 14.7. The molecule has 0 saturated carbocycles. The Hall–Kier alpha value is -0.850. The molecule has 0 N–H and O–H groups in total. The third-order valence-corrected chi connectivity index (χ3v) is 2.68. The molecule has 0 unspecified atom stereocenters. The molecule has 1 rings (SSSR count). The van der Waals surface area contributed by atoms with Crippen LogP contribution in [0.15, 0.2) is 18.3 Å². The Kier molecular flexibility index (Phi) is 7.86. The van der Waals surface area contributed by atoms with E-state index in [9.17, 15) is 0 Å². The van der Waals surface area contributed by atoms with Crippen LogP contribution in [0.4, 0.5) is 0 Å². The highest BCUT2D eigenvalue weighted by Gasteiger charge is 2.16. The summed E-state index contributed by atoms with van der Waals surface area (Å²) in [7, 11) is 0. The molecule has 1 nitrogen and oxygen atoms in total. The molecular weight excluding hydrogens is 206 g/mol. The zero-order valence-corrected chi connectivity index (χ0v) is 12.5. The fourth-order valence-corrected chi connectivity index (χ4v) is 1.77. The van der Waals surface area contributed by atoms with Gasteiger partial charge in [0.1, 0.15) is 0 Å². The SMILES string of the molecule is CCCCCC.Cc1cccnc1C(C)(C)C. The molecule has 1 aromatic heterocycles. The molecule has 0 aromatic carbocycles. The topological polar surface area (TPSA) is 12.9 Å². The minimum atomic E-state index is 0.172. The van der Waals surface area contributed by atoms with Crippen molar-refractivity contribution in [1.82, 2.24) is 4.98 Å². The van der Waals surface area contributed by atoms with Gasteiger partial charge in [0, 0.05) is 17.3 Å². The maximum Gasteiger partial charge on any atom is 0.0486 e. The molecule has 0 amide bonds. The lowest BCUT2D eigenvalue weighted by Gasteiger charge is -2.19. The van der Waals surface area contributed by atoms with Crippen LogP contribution < -0.4 is 0 Å². The Bertz CT molecular complexity index is 293. The number of aryl methyl sites for hydroxylation is 1. The average Bonchev–Trinajstić information content (AvgIpc) is 2.26. The quantitative estimate of drug-likeness (QED) is 0.650. The van der Waals surface area contributed by atoms with Gasteiger partial charge in [0.05, 0.1) is 0 Å². The van der Waals surface area contributed by atoms with Gasteiger partial charge in [0.15, 0.2) is 0 Å². The first-order valence-electron chi connectivity index (χ1n) is 6.85. The Morgan fingerprint density at radius 2 is 1.59 bits per heavy atom. The predicted molar refractivity (Wildman–Crippen MR) is 77.5 cm³/mol. The van der Waals surface area contributed by atoms with Crippen molar-refractivity contribution in [2.24, 2.45) is 0 Å². The fourth-order valence-electron chi connectivity index (χ4n) is 1.77. The fraction of sp³-hybridized carbons (Fsp3) is 0.688. The lowest BCUT2D eigenvalue weighted by atomic mass is 9.89. The summed E-state index contributed by atoms with van der Waals surface area (Å²) >= 11 is 0. The van der Waals surface area contributed by atoms with Crippen LogP contribution in [0.1, 0.15) is 71.6 Å². The molecule has 0 bridgehead atoms. The van der Waals surface area contributed by atoms with Gasteiger partial charge in [-0.2, -0.15) is 0 Å². The highest BCUT2D eigenvalue weighted by Crippen LogP contribution is 2.22. The molecule has 0 aliphatic rings. The van der Waals surface area contributed by atoms with Gasteiger partial charge < -0.3 is 0 Å². The van der Waals surface area contributed by atoms with E-state index in [0.29, 0.717) is 0 Å². The standard InChI is InChI=1S/C10H15N.C6H14/c1-8-6-5-7-11-9(8)10(2,3)4;1-3-5-6-4-2/h5-7H,1-4H3;3-6H2,1-2H3. The summed E-state index contributed by atoms with van der Waals surface area (Å²) in [5, 5.41) is 0. The number of aromatic nitrogens is 1. The normalized spacial score (nSPS) is 10.7. The lowest BCUT2D eigenvalue weighted by Crippen LogP contribution is -2.14. The molecule has 98 valence electrons. The second-order valence-corrected chi connectivity index (χ2v) is 5.63. The Morgan fingerprint density at radius 1 is 1.06 bits per heavy atom. The van der Waals surface area contributed by atoms with E-state index in [0.717, 1.165) is 0 Å². The molecule has 0 atom stereocenters. The molecule has 17 heavy (non-hydrogen) atoms. The lowest BCUT2D eigenvalue weighted by molar-refractivity contribution is 0.564. The van der Waals surface area contributed by atoms with Crippen molar-refractivity contribution in [1.29, 1.82) is 0 Å². The molecule has 0 fully saturated rings. The van der Waals surface area contributed by atoms with Gasteiger partial charge in [-0.3, -0.25) is 4.98 Å². The predicted octanol–water partition coefficient (Wildman–Crippen LogP) is 5.27. The van der Waals surface area contributed by atoms with Crippen molar-refractivity contribution in [2.75, 3.05) is 0 Å². The van der Waals surface area contributed by atoms with Crippen molar-refractivity contribution < 1.29 is 0 Å². The zero-order valence-electron chi connectivity index (χ0n) is 12.5. The maximum atomic E-state index is 4.35. The van der Waals surface area contributed by atoms with E-state index in [1.54, 1.807) is 0 Å². The minimum Gasteiger partial charge on any atom is -0.260 e. The summed E-state index contributed by atoms with van der Waals surface area (Å²) in [6, 6.07) is 4.08. The monoisotopic (exact) mass is 235 g/mol. The third-order valence-electron chi connectivity index (χ3n) is 2.68. The van der Waals surface area contributed by atoms with E-state index in [4.69, 9.17) is 0 Å². The van der Waals surface area contributed by atoms with Crippen molar-refractivity contribution in [2.45, 2.75) is 72.6 Å². The van der Waals surface area contributed by atoms with Crippen LogP contribution in [0.25, 0.3) is 0 Å². The Labute approximate surface area is 108 Å². The summed E-state index contributed by atoms with van der Waals surface area (Å²) in [5.41, 5.74) is 2.64. The first kappa shape index (κ1) is 16.1. The van der Waals surface area contributed by atoms with Gasteiger partial charge in [0.25, 0.3) is 0 Å². The molecular formula is C16H29N. The number of hydrogen-bond acceptors (Lipinski definition) is 1. The van der Waals surface area contributed by atoms with E-state index in [2.05, 4.69) is 52.6 Å². The summed E-state index contributed by atoms with van der Waals surface area (Å²) in [4.78, 5) is 4.35. The summed E-state index contributed by atoms with van der Waals surface area (Å²) < 4.78 is 0. The van der Waals surface area contributed by atoms with Crippen molar-refractivity contribution >= 4 is 0 Å². The van der Waals surface area contributed by atoms with Crippen LogP contribution in [-0.4, -0.2) is 4.98 Å². The molecule has 0 aliphatic heterocycles. The van der Waals surface area contributed by atoms with Crippen molar-refractivity contribution in [3.05, 3.63) is 29.6 Å². The van der Waals surface area contributed by atoms with Crippen LogP contribution in [0.3, 0.4) is 0 Å². The number of unbranched alkanes of at least 4 members (excludes halogenated alkanes) is 3. The van der Waals surface area contributed by atoms with Crippen LogP contribution in [-0.2, 0) is 5.41 Å². The van der Waals surface area contributed by atoms with Gasteiger partial charge >= 0.3 is 0 Å². The molecule has 0 radical (unpaired) electrons. The second-order valence-electron chi connectivity index (χ2n) is 5.63. The van der Waals surface area contributed by atoms with Crippen molar-refractivity contribution in [3.8, 4) is 0 Å². The van der Waals surface area contributed by atoms with E-state index in [-0.39, 0.29) is 5.41 Å². The van der Waals surface area contributed by atoms with Gasteiger partial charge in [-0.1, -0.05) is 66.4 Å².